The molecule has 0 spiro atoms. The minimum atomic E-state index is -2.65. The second-order valence-corrected chi connectivity index (χ2v) is 11.8. The smallest absolute Gasteiger partial charge is 0.336 e. The molecular weight excluding hydrogens is 508 g/mol. The number of carboxylic acids is 2. The molecule has 0 saturated heterocycles. The Morgan fingerprint density at radius 2 is 0.875 bits per heavy atom. The summed E-state index contributed by atoms with van der Waals surface area (Å²) >= 11 is 0. The van der Waals surface area contributed by atoms with Gasteiger partial charge in [-0.2, -0.15) is 0 Å². The molecule has 0 aromatic rings. The first-order chi connectivity index (χ1) is 19.2. The molecule has 0 aliphatic carbocycles. The van der Waals surface area contributed by atoms with Crippen LogP contribution in [0.3, 0.4) is 0 Å². The molecule has 7 heteroatoms. The molecule has 0 aliphatic heterocycles. The predicted molar refractivity (Wildman–Crippen MR) is 161 cm³/mol. The van der Waals surface area contributed by atoms with E-state index in [1.54, 1.807) is 0 Å². The molecule has 2 unspecified atom stereocenters. The number of carbonyl (C=O) groups is 3. The third-order valence-corrected chi connectivity index (χ3v) is 7.84. The molecule has 0 aromatic carbocycles. The van der Waals surface area contributed by atoms with E-state index in [4.69, 9.17) is 9.84 Å². The Bertz CT molecular complexity index is 636. The van der Waals surface area contributed by atoms with Gasteiger partial charge in [-0.3, -0.25) is 9.59 Å². The van der Waals surface area contributed by atoms with Crippen LogP contribution < -0.4 is 0 Å². The first-order valence-electron chi connectivity index (χ1n) is 16.6. The maximum Gasteiger partial charge on any atom is 0.336 e. The molecule has 0 saturated carbocycles. The average molecular weight is 571 g/mol. The number of aliphatic hydroxyl groups is 1. The standard InChI is InChI=1S/C33H62O7/c1-3-5-7-9-11-13-14-15-16-17-18-20-22-24-26-29(25-23-21-19-12-10-8-6-4-2)40-31(36)28-33(39,32(37)38)27-30(34)35/h29,39H,3-28H2,1-2H3,(H,34,35)(H,37,38). The molecule has 40 heavy (non-hydrogen) atoms. The van der Waals surface area contributed by atoms with E-state index in [1.165, 1.54) is 103 Å². The summed E-state index contributed by atoms with van der Waals surface area (Å²) in [4.78, 5) is 34.9. The zero-order valence-electron chi connectivity index (χ0n) is 25.9. The van der Waals surface area contributed by atoms with Crippen molar-refractivity contribution in [1.82, 2.24) is 0 Å². The minimum Gasteiger partial charge on any atom is -0.481 e. The van der Waals surface area contributed by atoms with Crippen LogP contribution in [0.1, 0.15) is 181 Å². The van der Waals surface area contributed by atoms with Crippen molar-refractivity contribution >= 4 is 17.9 Å². The third kappa shape index (κ3) is 23.1. The molecule has 0 fully saturated rings. The lowest BCUT2D eigenvalue weighted by Crippen LogP contribution is -2.43. The lowest BCUT2D eigenvalue weighted by Gasteiger charge is -2.23. The number of carbonyl (C=O) groups excluding carboxylic acids is 1. The molecule has 236 valence electrons. The van der Waals surface area contributed by atoms with E-state index in [-0.39, 0.29) is 6.10 Å². The van der Waals surface area contributed by atoms with Gasteiger partial charge in [0.05, 0.1) is 12.8 Å². The van der Waals surface area contributed by atoms with Crippen LogP contribution in [0, 0.1) is 0 Å². The van der Waals surface area contributed by atoms with Crippen molar-refractivity contribution in [2.24, 2.45) is 0 Å². The molecule has 0 aromatic heterocycles. The number of aliphatic carboxylic acids is 2. The number of hydrogen-bond donors (Lipinski definition) is 3. The van der Waals surface area contributed by atoms with Crippen LogP contribution in [0.25, 0.3) is 0 Å². The molecule has 0 bridgehead atoms. The number of esters is 1. The summed E-state index contributed by atoms with van der Waals surface area (Å²) in [6.45, 7) is 4.46. The predicted octanol–water partition coefficient (Wildman–Crippen LogP) is 8.98. The highest BCUT2D eigenvalue weighted by Crippen LogP contribution is 2.22. The second-order valence-electron chi connectivity index (χ2n) is 11.8. The van der Waals surface area contributed by atoms with Gasteiger partial charge >= 0.3 is 17.9 Å². The van der Waals surface area contributed by atoms with Gasteiger partial charge < -0.3 is 20.1 Å². The Kier molecular flexibility index (Phi) is 25.2. The van der Waals surface area contributed by atoms with Gasteiger partial charge in [-0.15, -0.1) is 0 Å². The van der Waals surface area contributed by atoms with Gasteiger partial charge in [-0.25, -0.2) is 4.79 Å². The van der Waals surface area contributed by atoms with Crippen molar-refractivity contribution in [2.75, 3.05) is 0 Å². The maximum absolute atomic E-state index is 12.5. The van der Waals surface area contributed by atoms with Crippen molar-refractivity contribution < 1.29 is 34.4 Å². The highest BCUT2D eigenvalue weighted by molar-refractivity contribution is 5.88. The molecule has 0 amide bonds. The van der Waals surface area contributed by atoms with Gasteiger partial charge in [0.1, 0.15) is 6.10 Å². The fourth-order valence-corrected chi connectivity index (χ4v) is 5.26. The Morgan fingerprint density at radius 3 is 1.18 bits per heavy atom. The Hall–Kier alpha value is -1.63. The minimum absolute atomic E-state index is 0.326. The Balaban J connectivity index is 4.35. The SMILES string of the molecule is CCCCCCCCCCCCCCCCC(CCCCCCCCCC)OC(=O)CC(O)(CC(=O)O)C(=O)O. The molecule has 7 nitrogen and oxygen atoms in total. The van der Waals surface area contributed by atoms with Crippen LogP contribution in [-0.2, 0) is 19.1 Å². The highest BCUT2D eigenvalue weighted by atomic mass is 16.5. The fourth-order valence-electron chi connectivity index (χ4n) is 5.26. The number of carboxylic acid groups (broad SMARTS) is 2. The van der Waals surface area contributed by atoms with Crippen molar-refractivity contribution in [3.63, 3.8) is 0 Å². The number of hydrogen-bond acceptors (Lipinski definition) is 5. The van der Waals surface area contributed by atoms with Crippen molar-refractivity contribution in [3.05, 3.63) is 0 Å². The summed E-state index contributed by atoms with van der Waals surface area (Å²) in [5, 5.41) is 28.4. The first kappa shape index (κ1) is 38.4. The van der Waals surface area contributed by atoms with Crippen LogP contribution in [-0.4, -0.2) is 44.9 Å². The summed E-state index contributed by atoms with van der Waals surface area (Å²) in [6.07, 6.45) is 26.4. The van der Waals surface area contributed by atoms with Crippen molar-refractivity contribution in [1.29, 1.82) is 0 Å². The third-order valence-electron chi connectivity index (χ3n) is 7.84. The van der Waals surface area contributed by atoms with Gasteiger partial charge in [-0.1, -0.05) is 142 Å². The largest absolute Gasteiger partial charge is 0.481 e. The topological polar surface area (TPSA) is 121 Å². The second kappa shape index (κ2) is 26.3. The van der Waals surface area contributed by atoms with Gasteiger partial charge in [0, 0.05) is 0 Å². The summed E-state index contributed by atoms with van der Waals surface area (Å²) < 4.78 is 5.60. The quantitative estimate of drug-likeness (QED) is 0.0582. The van der Waals surface area contributed by atoms with Crippen LogP contribution in [0.2, 0.25) is 0 Å². The maximum atomic E-state index is 12.5. The van der Waals surface area contributed by atoms with E-state index in [0.717, 1.165) is 38.5 Å². The fraction of sp³-hybridized carbons (Fsp3) is 0.909. The van der Waals surface area contributed by atoms with Gasteiger partial charge in [-0.05, 0) is 25.7 Å². The van der Waals surface area contributed by atoms with Crippen LogP contribution in [0.4, 0.5) is 0 Å². The highest BCUT2D eigenvalue weighted by Gasteiger charge is 2.41. The summed E-state index contributed by atoms with van der Waals surface area (Å²) in [7, 11) is 0. The lowest BCUT2D eigenvalue weighted by molar-refractivity contribution is -0.173. The van der Waals surface area contributed by atoms with Crippen LogP contribution >= 0.6 is 0 Å². The Morgan fingerprint density at radius 1 is 0.550 bits per heavy atom. The van der Waals surface area contributed by atoms with E-state index in [2.05, 4.69) is 13.8 Å². The molecule has 0 radical (unpaired) electrons. The van der Waals surface area contributed by atoms with Crippen molar-refractivity contribution in [3.8, 4) is 0 Å². The van der Waals surface area contributed by atoms with Gasteiger partial charge in [0.15, 0.2) is 5.60 Å². The lowest BCUT2D eigenvalue weighted by atomic mass is 9.95. The first-order valence-corrected chi connectivity index (χ1v) is 16.6. The van der Waals surface area contributed by atoms with E-state index >= 15 is 0 Å². The molecule has 2 atom stereocenters. The van der Waals surface area contributed by atoms with Gasteiger partial charge in [0.25, 0.3) is 0 Å². The monoisotopic (exact) mass is 570 g/mol. The summed E-state index contributed by atoms with van der Waals surface area (Å²) in [5.41, 5.74) is -2.65. The molecular formula is C33H62O7. The van der Waals surface area contributed by atoms with Crippen LogP contribution in [0.5, 0.6) is 0 Å². The van der Waals surface area contributed by atoms with Gasteiger partial charge in [0.2, 0.25) is 0 Å². The van der Waals surface area contributed by atoms with E-state index in [9.17, 15) is 24.6 Å². The number of unbranched alkanes of at least 4 members (excludes halogenated alkanes) is 20. The van der Waals surface area contributed by atoms with Crippen LogP contribution in [0.15, 0.2) is 0 Å². The van der Waals surface area contributed by atoms with E-state index < -0.39 is 36.4 Å². The molecule has 3 N–H and O–H groups in total. The molecule has 0 rings (SSSR count). The Labute approximate surface area is 244 Å². The van der Waals surface area contributed by atoms with E-state index in [1.807, 2.05) is 0 Å². The normalized spacial score (nSPS) is 13.6. The van der Waals surface area contributed by atoms with Crippen molar-refractivity contribution in [2.45, 2.75) is 192 Å². The molecule has 0 heterocycles. The summed E-state index contributed by atoms with van der Waals surface area (Å²) in [6, 6.07) is 0. The zero-order valence-corrected chi connectivity index (χ0v) is 25.9. The summed E-state index contributed by atoms with van der Waals surface area (Å²) in [5.74, 6) is -4.05. The molecule has 0 aliphatic rings. The van der Waals surface area contributed by atoms with E-state index in [0.29, 0.717) is 12.8 Å². The average Bonchev–Trinajstić information content (AvgIpc) is 2.89. The number of rotatable bonds is 30. The zero-order chi connectivity index (χ0) is 29.9. The number of ether oxygens (including phenoxy) is 1.